The van der Waals surface area contributed by atoms with Gasteiger partial charge in [0.2, 0.25) is 0 Å². The number of nitrogens with one attached hydrogen (secondary N) is 1. The van der Waals surface area contributed by atoms with Gasteiger partial charge in [0.25, 0.3) is 0 Å². The van der Waals surface area contributed by atoms with E-state index < -0.39 is 11.9 Å². The van der Waals surface area contributed by atoms with Gasteiger partial charge < -0.3 is 24.3 Å². The van der Waals surface area contributed by atoms with Gasteiger partial charge in [-0.3, -0.25) is 0 Å². The lowest BCUT2D eigenvalue weighted by Gasteiger charge is -2.11. The number of hydrogen-bond donors (Lipinski definition) is 1. The first-order valence-electron chi connectivity index (χ1n) is 6.47. The van der Waals surface area contributed by atoms with Crippen molar-refractivity contribution in [3.05, 3.63) is 36.0 Å². The smallest absolute Gasteiger partial charge is 0.354 e. The molecule has 0 fully saturated rings. The van der Waals surface area contributed by atoms with Crippen molar-refractivity contribution in [1.29, 1.82) is 0 Å². The molecule has 1 rings (SSSR count). The van der Waals surface area contributed by atoms with Crippen molar-refractivity contribution in [1.82, 2.24) is 0 Å². The maximum Gasteiger partial charge on any atom is 0.354 e. The summed E-state index contributed by atoms with van der Waals surface area (Å²) in [5, 5.41) is 2.80. The maximum absolute atomic E-state index is 11.7. The predicted octanol–water partition coefficient (Wildman–Crippen LogP) is 1.35. The number of carbonyl (C=O) groups is 2. The van der Waals surface area contributed by atoms with Crippen molar-refractivity contribution in [2.75, 3.05) is 39.9 Å². The molecule has 1 aromatic rings. The Kier molecular flexibility index (Phi) is 7.49. The fourth-order valence-electron chi connectivity index (χ4n) is 1.49. The summed E-state index contributed by atoms with van der Waals surface area (Å²) in [6, 6.07) is 6.92. The normalized spacial score (nSPS) is 10.8. The van der Waals surface area contributed by atoms with E-state index in [0.29, 0.717) is 24.7 Å². The van der Waals surface area contributed by atoms with E-state index in [9.17, 15) is 9.59 Å². The molecule has 0 aromatic heterocycles. The largest absolute Gasteiger partial charge is 0.491 e. The van der Waals surface area contributed by atoms with Gasteiger partial charge in [-0.1, -0.05) is 6.07 Å². The maximum atomic E-state index is 11.7. The van der Waals surface area contributed by atoms with Crippen LogP contribution < -0.4 is 10.1 Å². The molecule has 0 aliphatic heterocycles. The van der Waals surface area contributed by atoms with E-state index in [-0.39, 0.29) is 5.70 Å². The van der Waals surface area contributed by atoms with Crippen LogP contribution in [0.5, 0.6) is 5.75 Å². The second-order valence-electron chi connectivity index (χ2n) is 4.07. The Morgan fingerprint density at radius 3 is 2.55 bits per heavy atom. The Balaban J connectivity index is 2.84. The minimum absolute atomic E-state index is 0.0385. The van der Waals surface area contributed by atoms with Gasteiger partial charge >= 0.3 is 11.9 Å². The lowest BCUT2D eigenvalue weighted by molar-refractivity contribution is -0.138. The van der Waals surface area contributed by atoms with E-state index in [1.165, 1.54) is 14.2 Å². The van der Waals surface area contributed by atoms with Crippen LogP contribution in [-0.2, 0) is 23.8 Å². The zero-order valence-electron chi connectivity index (χ0n) is 12.8. The third-order valence-corrected chi connectivity index (χ3v) is 2.54. The molecule has 22 heavy (non-hydrogen) atoms. The molecule has 0 saturated carbocycles. The highest BCUT2D eigenvalue weighted by Crippen LogP contribution is 2.19. The highest BCUT2D eigenvalue weighted by Gasteiger charge is 2.13. The molecule has 0 aliphatic rings. The zero-order valence-corrected chi connectivity index (χ0v) is 12.8. The number of rotatable bonds is 8. The first-order chi connectivity index (χ1) is 10.6. The van der Waals surface area contributed by atoms with Crippen LogP contribution in [0, 0.1) is 0 Å². The molecule has 0 spiro atoms. The van der Waals surface area contributed by atoms with Crippen LogP contribution in [0.25, 0.3) is 0 Å². The minimum Gasteiger partial charge on any atom is -0.491 e. The Morgan fingerprint density at radius 2 is 1.91 bits per heavy atom. The van der Waals surface area contributed by atoms with Gasteiger partial charge in [-0.2, -0.15) is 0 Å². The third kappa shape index (κ3) is 5.84. The van der Waals surface area contributed by atoms with Gasteiger partial charge in [-0.25, -0.2) is 9.59 Å². The molecule has 0 radical (unpaired) electrons. The van der Waals surface area contributed by atoms with Crippen molar-refractivity contribution >= 4 is 17.6 Å². The molecular formula is C15H19NO6. The van der Waals surface area contributed by atoms with E-state index in [1.54, 1.807) is 31.4 Å². The molecule has 7 nitrogen and oxygen atoms in total. The van der Waals surface area contributed by atoms with Crippen LogP contribution in [0.1, 0.15) is 0 Å². The van der Waals surface area contributed by atoms with E-state index >= 15 is 0 Å². The number of methoxy groups -OCH3 is 3. The van der Waals surface area contributed by atoms with Crippen LogP contribution in [0.15, 0.2) is 36.0 Å². The van der Waals surface area contributed by atoms with Gasteiger partial charge in [0.1, 0.15) is 18.1 Å². The van der Waals surface area contributed by atoms with E-state index in [1.807, 2.05) is 0 Å². The van der Waals surface area contributed by atoms with Crippen molar-refractivity contribution in [3.8, 4) is 5.75 Å². The van der Waals surface area contributed by atoms with Crippen molar-refractivity contribution in [2.45, 2.75) is 0 Å². The Labute approximate surface area is 128 Å². The van der Waals surface area contributed by atoms with Crippen molar-refractivity contribution in [2.24, 2.45) is 0 Å². The van der Waals surface area contributed by atoms with Gasteiger partial charge in [0, 0.05) is 18.9 Å². The molecule has 0 unspecified atom stereocenters. The van der Waals surface area contributed by atoms with Crippen molar-refractivity contribution < 1.29 is 28.5 Å². The number of esters is 2. The Bertz CT molecular complexity index is 541. The quantitative estimate of drug-likeness (QED) is 0.441. The molecule has 7 heteroatoms. The summed E-state index contributed by atoms with van der Waals surface area (Å²) in [5.74, 6) is -0.749. The molecule has 120 valence electrons. The second-order valence-corrected chi connectivity index (χ2v) is 4.07. The summed E-state index contributed by atoms with van der Waals surface area (Å²) in [7, 11) is 4.03. The van der Waals surface area contributed by atoms with Crippen LogP contribution in [-0.4, -0.2) is 46.5 Å². The molecular weight excluding hydrogens is 290 g/mol. The highest BCUT2D eigenvalue weighted by atomic mass is 16.5. The molecule has 0 amide bonds. The molecule has 0 bridgehead atoms. The van der Waals surface area contributed by atoms with Gasteiger partial charge in [0.05, 0.1) is 26.9 Å². The van der Waals surface area contributed by atoms with E-state index in [2.05, 4.69) is 14.8 Å². The molecule has 0 saturated heterocycles. The standard InChI is InChI=1S/C15H19NO6/c1-19-7-8-22-12-6-4-5-11(9-12)16-13(15(18)21-3)10-14(17)20-2/h4-6,9-10,16H,7-8H2,1-3H3/b13-10+. The number of ether oxygens (including phenoxy) is 4. The first-order valence-corrected chi connectivity index (χ1v) is 6.47. The summed E-state index contributed by atoms with van der Waals surface area (Å²) >= 11 is 0. The monoisotopic (exact) mass is 309 g/mol. The summed E-state index contributed by atoms with van der Waals surface area (Å²) in [5.41, 5.74) is 0.527. The van der Waals surface area contributed by atoms with Crippen LogP contribution >= 0.6 is 0 Å². The van der Waals surface area contributed by atoms with Crippen LogP contribution in [0.4, 0.5) is 5.69 Å². The molecule has 0 heterocycles. The average Bonchev–Trinajstić information content (AvgIpc) is 2.54. The number of benzene rings is 1. The van der Waals surface area contributed by atoms with E-state index in [0.717, 1.165) is 6.08 Å². The molecule has 0 atom stereocenters. The summed E-state index contributed by atoms with van der Waals surface area (Å²) in [4.78, 5) is 22.9. The fraction of sp³-hybridized carbons (Fsp3) is 0.333. The number of hydrogen-bond acceptors (Lipinski definition) is 7. The zero-order chi connectivity index (χ0) is 16.4. The summed E-state index contributed by atoms with van der Waals surface area (Å²) < 4.78 is 19.5. The summed E-state index contributed by atoms with van der Waals surface area (Å²) in [6.45, 7) is 0.870. The van der Waals surface area contributed by atoms with E-state index in [4.69, 9.17) is 9.47 Å². The SMILES string of the molecule is COCCOc1cccc(N/C(=C/C(=O)OC)C(=O)OC)c1. The summed E-state index contributed by atoms with van der Waals surface area (Å²) in [6.07, 6.45) is 1.02. The van der Waals surface area contributed by atoms with Crippen LogP contribution in [0.2, 0.25) is 0 Å². The van der Waals surface area contributed by atoms with Gasteiger partial charge in [0.15, 0.2) is 0 Å². The van der Waals surface area contributed by atoms with Gasteiger partial charge in [-0.15, -0.1) is 0 Å². The molecule has 1 aromatic carbocycles. The Morgan fingerprint density at radius 1 is 1.14 bits per heavy atom. The minimum atomic E-state index is -0.684. The lowest BCUT2D eigenvalue weighted by Crippen LogP contribution is -2.15. The fourth-order valence-corrected chi connectivity index (χ4v) is 1.49. The third-order valence-electron chi connectivity index (χ3n) is 2.54. The second kappa shape index (κ2) is 9.41. The molecule has 0 aliphatic carbocycles. The average molecular weight is 309 g/mol. The number of carbonyl (C=O) groups excluding carboxylic acids is 2. The predicted molar refractivity (Wildman–Crippen MR) is 79.6 cm³/mol. The highest BCUT2D eigenvalue weighted by molar-refractivity contribution is 5.98. The van der Waals surface area contributed by atoms with Gasteiger partial charge in [-0.05, 0) is 12.1 Å². The van der Waals surface area contributed by atoms with Crippen LogP contribution in [0.3, 0.4) is 0 Å². The Hall–Kier alpha value is -2.54. The number of anilines is 1. The topological polar surface area (TPSA) is 83.1 Å². The first kappa shape index (κ1) is 17.5. The van der Waals surface area contributed by atoms with Crippen molar-refractivity contribution in [3.63, 3.8) is 0 Å². The molecule has 1 N–H and O–H groups in total. The lowest BCUT2D eigenvalue weighted by atomic mass is 10.2.